The average Bonchev–Trinajstić information content (AvgIpc) is 2.32. The molecule has 1 saturated heterocycles. The zero-order valence-electron chi connectivity index (χ0n) is 7.41. The van der Waals surface area contributed by atoms with Crippen LogP contribution in [0.15, 0.2) is 0 Å². The van der Waals surface area contributed by atoms with Crippen molar-refractivity contribution in [1.82, 2.24) is 5.32 Å². The van der Waals surface area contributed by atoms with Gasteiger partial charge in [0, 0.05) is 12.3 Å². The molecular weight excluding hydrogens is 170 g/mol. The van der Waals surface area contributed by atoms with Crippen LogP contribution in [-0.2, 0) is 14.3 Å². The molecule has 4 nitrogen and oxygen atoms in total. The summed E-state index contributed by atoms with van der Waals surface area (Å²) in [4.78, 5) is 22.4. The molecule has 0 spiro atoms. The number of ether oxygens (including phenoxy) is 1. The van der Waals surface area contributed by atoms with Crippen molar-refractivity contribution in [3.05, 3.63) is 0 Å². The Morgan fingerprint density at radius 2 is 2.15 bits per heavy atom. The zero-order chi connectivity index (χ0) is 9.26. The van der Waals surface area contributed by atoms with E-state index in [0.717, 1.165) is 19.3 Å². The van der Waals surface area contributed by atoms with Crippen molar-refractivity contribution in [2.45, 2.75) is 31.7 Å². The normalized spacial score (nSPS) is 28.0. The molecule has 13 heavy (non-hydrogen) atoms. The highest BCUT2D eigenvalue weighted by Gasteiger charge is 2.32. The van der Waals surface area contributed by atoms with E-state index in [-0.39, 0.29) is 23.8 Å². The van der Waals surface area contributed by atoms with Crippen LogP contribution < -0.4 is 5.32 Å². The fourth-order valence-electron chi connectivity index (χ4n) is 1.59. The van der Waals surface area contributed by atoms with Crippen molar-refractivity contribution in [3.63, 3.8) is 0 Å². The van der Waals surface area contributed by atoms with Gasteiger partial charge in [-0.2, -0.15) is 0 Å². The van der Waals surface area contributed by atoms with E-state index in [2.05, 4.69) is 5.32 Å². The van der Waals surface area contributed by atoms with Crippen molar-refractivity contribution in [2.75, 3.05) is 6.61 Å². The van der Waals surface area contributed by atoms with Crippen molar-refractivity contribution in [2.24, 2.45) is 5.92 Å². The Hall–Kier alpha value is -1.06. The van der Waals surface area contributed by atoms with Gasteiger partial charge in [-0.3, -0.25) is 4.79 Å². The van der Waals surface area contributed by atoms with Gasteiger partial charge in [0.05, 0.1) is 6.61 Å². The molecule has 1 aliphatic carbocycles. The molecular formula is C9H13NO3. The smallest absolute Gasteiger partial charge is 0.328 e. The lowest BCUT2D eigenvalue weighted by atomic mass is 9.84. The van der Waals surface area contributed by atoms with Crippen molar-refractivity contribution >= 4 is 11.9 Å². The first-order chi connectivity index (χ1) is 6.27. The van der Waals surface area contributed by atoms with E-state index in [4.69, 9.17) is 4.74 Å². The van der Waals surface area contributed by atoms with Crippen LogP contribution in [0.25, 0.3) is 0 Å². The third-order valence-electron chi connectivity index (χ3n) is 2.73. The first-order valence-corrected chi connectivity index (χ1v) is 4.74. The molecule has 2 fully saturated rings. The molecule has 0 radical (unpaired) electrons. The third kappa shape index (κ3) is 1.66. The molecule has 0 bridgehead atoms. The largest absolute Gasteiger partial charge is 0.464 e. The van der Waals surface area contributed by atoms with E-state index < -0.39 is 0 Å². The summed E-state index contributed by atoms with van der Waals surface area (Å²) in [6.45, 7) is 0.439. The van der Waals surface area contributed by atoms with Crippen LogP contribution in [0.5, 0.6) is 0 Å². The molecule has 2 rings (SSSR count). The zero-order valence-corrected chi connectivity index (χ0v) is 7.41. The summed E-state index contributed by atoms with van der Waals surface area (Å²) in [6, 6.07) is -0.381. The number of esters is 1. The highest BCUT2D eigenvalue weighted by molar-refractivity contribution is 5.86. The number of rotatable bonds is 2. The maximum Gasteiger partial charge on any atom is 0.328 e. The maximum atomic E-state index is 11.4. The van der Waals surface area contributed by atoms with E-state index >= 15 is 0 Å². The molecule has 2 aliphatic rings. The maximum absolute atomic E-state index is 11.4. The lowest BCUT2D eigenvalue weighted by Gasteiger charge is -2.24. The van der Waals surface area contributed by atoms with E-state index in [0.29, 0.717) is 13.0 Å². The van der Waals surface area contributed by atoms with Gasteiger partial charge in [0.25, 0.3) is 0 Å². The number of nitrogens with one attached hydrogen (secondary N) is 1. The van der Waals surface area contributed by atoms with Crippen LogP contribution in [-0.4, -0.2) is 24.5 Å². The van der Waals surface area contributed by atoms with Crippen LogP contribution in [0.3, 0.4) is 0 Å². The van der Waals surface area contributed by atoms with Gasteiger partial charge in [0.15, 0.2) is 0 Å². The number of carbonyl (C=O) groups excluding carboxylic acids is 2. The Morgan fingerprint density at radius 3 is 2.62 bits per heavy atom. The van der Waals surface area contributed by atoms with Gasteiger partial charge < -0.3 is 10.1 Å². The summed E-state index contributed by atoms with van der Waals surface area (Å²) in [7, 11) is 0. The highest BCUT2D eigenvalue weighted by atomic mass is 16.5. The summed E-state index contributed by atoms with van der Waals surface area (Å²) in [5.74, 6) is -0.115. The van der Waals surface area contributed by atoms with Crippen molar-refractivity contribution < 1.29 is 14.3 Å². The Kier molecular flexibility index (Phi) is 2.20. The molecule has 1 amide bonds. The third-order valence-corrected chi connectivity index (χ3v) is 2.73. The van der Waals surface area contributed by atoms with Gasteiger partial charge in [-0.1, -0.05) is 6.42 Å². The molecule has 1 saturated carbocycles. The average molecular weight is 183 g/mol. The number of hydrogen-bond donors (Lipinski definition) is 1. The Bertz CT molecular complexity index is 235. The summed E-state index contributed by atoms with van der Waals surface area (Å²) >= 11 is 0. The number of cyclic esters (lactones) is 1. The first kappa shape index (κ1) is 8.53. The van der Waals surface area contributed by atoms with Crippen LogP contribution in [0.4, 0.5) is 0 Å². The summed E-state index contributed by atoms with van der Waals surface area (Å²) in [5, 5.41) is 2.72. The molecule has 1 N–H and O–H groups in total. The van der Waals surface area contributed by atoms with Gasteiger partial charge in [-0.25, -0.2) is 4.79 Å². The van der Waals surface area contributed by atoms with Crippen LogP contribution in [0.1, 0.15) is 25.7 Å². The van der Waals surface area contributed by atoms with Gasteiger partial charge in [0.1, 0.15) is 6.04 Å². The molecule has 1 heterocycles. The van der Waals surface area contributed by atoms with Gasteiger partial charge >= 0.3 is 5.97 Å². The minimum atomic E-state index is -0.381. The highest BCUT2D eigenvalue weighted by Crippen LogP contribution is 2.26. The molecule has 1 aliphatic heterocycles. The second-order valence-electron chi connectivity index (χ2n) is 3.65. The molecule has 72 valence electrons. The Balaban J connectivity index is 1.82. The SMILES string of the molecule is O=C(N[C@H]1CCOC1=O)C1CCC1. The number of hydrogen-bond acceptors (Lipinski definition) is 3. The number of amides is 1. The predicted octanol–water partition coefficient (Wildman–Crippen LogP) is 0.218. The molecule has 0 aromatic carbocycles. The van der Waals surface area contributed by atoms with Crippen molar-refractivity contribution in [3.8, 4) is 0 Å². The molecule has 0 aromatic rings. The Labute approximate surface area is 76.6 Å². The fraction of sp³-hybridized carbons (Fsp3) is 0.778. The first-order valence-electron chi connectivity index (χ1n) is 4.74. The standard InChI is InChI=1S/C9H13NO3/c11-8(6-2-1-3-6)10-7-4-5-13-9(7)12/h6-7H,1-5H2,(H,10,11)/t7-/m0/s1. The van der Waals surface area contributed by atoms with Crippen LogP contribution in [0, 0.1) is 5.92 Å². The second kappa shape index (κ2) is 3.36. The van der Waals surface area contributed by atoms with E-state index in [9.17, 15) is 9.59 Å². The van der Waals surface area contributed by atoms with E-state index in [1.807, 2.05) is 0 Å². The monoisotopic (exact) mass is 183 g/mol. The molecule has 4 heteroatoms. The number of carbonyl (C=O) groups is 2. The minimum Gasteiger partial charge on any atom is -0.464 e. The van der Waals surface area contributed by atoms with E-state index in [1.165, 1.54) is 0 Å². The predicted molar refractivity (Wildman–Crippen MR) is 44.8 cm³/mol. The summed E-state index contributed by atoms with van der Waals surface area (Å²) in [5.41, 5.74) is 0. The fourth-order valence-corrected chi connectivity index (χ4v) is 1.59. The van der Waals surface area contributed by atoms with Crippen LogP contribution >= 0.6 is 0 Å². The van der Waals surface area contributed by atoms with Crippen LogP contribution in [0.2, 0.25) is 0 Å². The minimum absolute atomic E-state index is 0.0232. The molecule has 0 unspecified atom stereocenters. The topological polar surface area (TPSA) is 55.4 Å². The summed E-state index contributed by atoms with van der Waals surface area (Å²) < 4.78 is 4.74. The van der Waals surface area contributed by atoms with Gasteiger partial charge in [-0.05, 0) is 12.8 Å². The lowest BCUT2D eigenvalue weighted by Crippen LogP contribution is -2.43. The molecule has 0 aromatic heterocycles. The lowest BCUT2D eigenvalue weighted by molar-refractivity contribution is -0.142. The molecule has 1 atom stereocenters. The quantitative estimate of drug-likeness (QED) is 0.623. The van der Waals surface area contributed by atoms with E-state index in [1.54, 1.807) is 0 Å². The second-order valence-corrected chi connectivity index (χ2v) is 3.65. The Morgan fingerprint density at radius 1 is 1.38 bits per heavy atom. The summed E-state index contributed by atoms with van der Waals surface area (Å²) in [6.07, 6.45) is 3.69. The van der Waals surface area contributed by atoms with Gasteiger partial charge in [0.2, 0.25) is 5.91 Å². The van der Waals surface area contributed by atoms with Gasteiger partial charge in [-0.15, -0.1) is 0 Å². The van der Waals surface area contributed by atoms with Crippen molar-refractivity contribution in [1.29, 1.82) is 0 Å².